The molecule has 0 spiro atoms. The van der Waals surface area contributed by atoms with Gasteiger partial charge in [-0.05, 0) is 20.5 Å². The van der Waals surface area contributed by atoms with E-state index in [1.165, 1.54) is 0 Å². The Morgan fingerprint density at radius 2 is 2.33 bits per heavy atom. The second-order valence-electron chi connectivity index (χ2n) is 4.34. The molecular weight excluding hydrogens is 250 g/mol. The van der Waals surface area contributed by atoms with Crippen LogP contribution in [-0.4, -0.2) is 50.1 Å². The van der Waals surface area contributed by atoms with Crippen molar-refractivity contribution in [2.24, 2.45) is 0 Å². The van der Waals surface area contributed by atoms with Crippen LogP contribution in [0, 0.1) is 0 Å². The maximum atomic E-state index is 11.6. The number of carbonyl (C=O) groups excluding carboxylic acids is 1. The zero-order valence-corrected chi connectivity index (χ0v) is 12.0. The summed E-state index contributed by atoms with van der Waals surface area (Å²) >= 11 is 1.60. The highest BCUT2D eigenvalue weighted by atomic mass is 32.1. The molecule has 1 heterocycles. The van der Waals surface area contributed by atoms with Crippen molar-refractivity contribution in [1.29, 1.82) is 0 Å². The summed E-state index contributed by atoms with van der Waals surface area (Å²) < 4.78 is 4.92. The van der Waals surface area contributed by atoms with Gasteiger partial charge in [-0.25, -0.2) is 4.98 Å². The molecule has 0 aromatic carbocycles. The molecule has 0 saturated carbocycles. The molecule has 0 radical (unpaired) electrons. The van der Waals surface area contributed by atoms with Crippen LogP contribution >= 0.6 is 11.3 Å². The van der Waals surface area contributed by atoms with Gasteiger partial charge in [0.05, 0.1) is 12.1 Å². The third-order valence-corrected chi connectivity index (χ3v) is 3.12. The lowest BCUT2D eigenvalue weighted by Crippen LogP contribution is -2.26. The molecule has 0 aliphatic heterocycles. The zero-order chi connectivity index (χ0) is 13.4. The van der Waals surface area contributed by atoms with Crippen molar-refractivity contribution in [1.82, 2.24) is 15.2 Å². The summed E-state index contributed by atoms with van der Waals surface area (Å²) in [7, 11) is 5.66. The van der Waals surface area contributed by atoms with Crippen molar-refractivity contribution in [2.75, 3.05) is 34.4 Å². The Hall–Kier alpha value is -0.980. The van der Waals surface area contributed by atoms with Crippen LogP contribution in [0.2, 0.25) is 0 Å². The van der Waals surface area contributed by atoms with E-state index in [0.29, 0.717) is 19.6 Å². The van der Waals surface area contributed by atoms with Crippen LogP contribution < -0.4 is 5.32 Å². The molecule has 1 amide bonds. The highest BCUT2D eigenvalue weighted by molar-refractivity contribution is 7.09. The average molecular weight is 271 g/mol. The number of aromatic nitrogens is 1. The number of nitrogens with one attached hydrogen (secondary N) is 1. The first-order valence-corrected chi connectivity index (χ1v) is 6.83. The fraction of sp³-hybridized carbons (Fsp3) is 0.667. The molecule has 0 aliphatic carbocycles. The highest BCUT2D eigenvalue weighted by Crippen LogP contribution is 2.11. The van der Waals surface area contributed by atoms with Crippen LogP contribution in [0.15, 0.2) is 5.38 Å². The fourth-order valence-electron chi connectivity index (χ4n) is 1.44. The third kappa shape index (κ3) is 6.09. The molecule has 1 rings (SSSR count). The predicted octanol–water partition coefficient (Wildman–Crippen LogP) is 0.900. The van der Waals surface area contributed by atoms with Gasteiger partial charge in [-0.15, -0.1) is 11.3 Å². The predicted molar refractivity (Wildman–Crippen MR) is 72.7 cm³/mol. The minimum Gasteiger partial charge on any atom is -0.385 e. The fourth-order valence-corrected chi connectivity index (χ4v) is 2.36. The zero-order valence-electron chi connectivity index (χ0n) is 11.2. The van der Waals surface area contributed by atoms with Gasteiger partial charge in [0, 0.05) is 32.2 Å². The van der Waals surface area contributed by atoms with Crippen molar-refractivity contribution in [2.45, 2.75) is 19.4 Å². The molecule has 0 aliphatic rings. The van der Waals surface area contributed by atoms with E-state index in [0.717, 1.165) is 23.7 Å². The van der Waals surface area contributed by atoms with Crippen molar-refractivity contribution < 1.29 is 9.53 Å². The number of amides is 1. The Balaban J connectivity index is 2.28. The summed E-state index contributed by atoms with van der Waals surface area (Å²) in [6, 6.07) is 0. The summed E-state index contributed by atoms with van der Waals surface area (Å²) in [5, 5.41) is 5.85. The number of ether oxygens (including phenoxy) is 1. The normalized spacial score (nSPS) is 10.9. The summed E-state index contributed by atoms with van der Waals surface area (Å²) in [6.07, 6.45) is 1.20. The summed E-state index contributed by atoms with van der Waals surface area (Å²) in [5.74, 6) is 0.0211. The van der Waals surface area contributed by atoms with E-state index in [2.05, 4.69) is 15.2 Å². The minimum atomic E-state index is 0.0211. The van der Waals surface area contributed by atoms with Gasteiger partial charge in [0.15, 0.2) is 0 Å². The molecule has 0 saturated heterocycles. The second kappa shape index (κ2) is 8.18. The van der Waals surface area contributed by atoms with E-state index in [4.69, 9.17) is 4.74 Å². The SMILES string of the molecule is COCCCNC(=O)Cc1csc(CN(C)C)n1. The topological polar surface area (TPSA) is 54.5 Å². The van der Waals surface area contributed by atoms with Crippen molar-refractivity contribution in [3.63, 3.8) is 0 Å². The molecule has 0 unspecified atom stereocenters. The quantitative estimate of drug-likeness (QED) is 0.714. The molecule has 1 N–H and O–H groups in total. The lowest BCUT2D eigenvalue weighted by Gasteiger charge is -2.05. The Morgan fingerprint density at radius 1 is 1.56 bits per heavy atom. The van der Waals surface area contributed by atoms with E-state index in [1.54, 1.807) is 18.4 Å². The number of carbonyl (C=O) groups is 1. The molecular formula is C12H21N3O2S. The lowest BCUT2D eigenvalue weighted by molar-refractivity contribution is -0.120. The summed E-state index contributed by atoms with van der Waals surface area (Å²) in [4.78, 5) is 18.1. The molecule has 18 heavy (non-hydrogen) atoms. The first kappa shape index (κ1) is 15.1. The number of hydrogen-bond donors (Lipinski definition) is 1. The second-order valence-corrected chi connectivity index (χ2v) is 5.29. The first-order chi connectivity index (χ1) is 8.61. The van der Waals surface area contributed by atoms with Gasteiger partial charge >= 0.3 is 0 Å². The molecule has 6 heteroatoms. The molecule has 102 valence electrons. The molecule has 1 aromatic rings. The van der Waals surface area contributed by atoms with E-state index in [-0.39, 0.29) is 5.91 Å². The molecule has 5 nitrogen and oxygen atoms in total. The van der Waals surface area contributed by atoms with Crippen LogP contribution in [0.1, 0.15) is 17.1 Å². The largest absolute Gasteiger partial charge is 0.385 e. The smallest absolute Gasteiger partial charge is 0.226 e. The van der Waals surface area contributed by atoms with Crippen LogP contribution in [0.3, 0.4) is 0 Å². The number of thiazole rings is 1. The Morgan fingerprint density at radius 3 is 3.00 bits per heavy atom. The monoisotopic (exact) mass is 271 g/mol. The van der Waals surface area contributed by atoms with E-state index in [9.17, 15) is 4.79 Å². The van der Waals surface area contributed by atoms with Gasteiger partial charge in [-0.2, -0.15) is 0 Å². The number of rotatable bonds is 8. The maximum Gasteiger partial charge on any atom is 0.226 e. The van der Waals surface area contributed by atoms with Gasteiger partial charge in [0.2, 0.25) is 5.91 Å². The Kier molecular flexibility index (Phi) is 6.85. The average Bonchev–Trinajstić information content (AvgIpc) is 2.71. The summed E-state index contributed by atoms with van der Waals surface area (Å²) in [5.41, 5.74) is 0.848. The Bertz CT molecular complexity index is 366. The van der Waals surface area contributed by atoms with E-state index < -0.39 is 0 Å². The molecule has 1 aromatic heterocycles. The maximum absolute atomic E-state index is 11.6. The van der Waals surface area contributed by atoms with E-state index in [1.807, 2.05) is 19.5 Å². The number of methoxy groups -OCH3 is 1. The molecule has 0 fully saturated rings. The summed E-state index contributed by atoms with van der Waals surface area (Å²) in [6.45, 7) is 2.14. The highest BCUT2D eigenvalue weighted by Gasteiger charge is 2.07. The molecule has 0 atom stereocenters. The van der Waals surface area contributed by atoms with Crippen molar-refractivity contribution in [3.05, 3.63) is 16.1 Å². The van der Waals surface area contributed by atoms with Gasteiger partial charge in [0.25, 0.3) is 0 Å². The van der Waals surface area contributed by atoms with Gasteiger partial charge in [-0.1, -0.05) is 0 Å². The van der Waals surface area contributed by atoms with Crippen LogP contribution in [0.25, 0.3) is 0 Å². The first-order valence-electron chi connectivity index (χ1n) is 5.95. The van der Waals surface area contributed by atoms with Crippen molar-refractivity contribution >= 4 is 17.2 Å². The van der Waals surface area contributed by atoms with Gasteiger partial charge < -0.3 is 15.0 Å². The standard InChI is InChI=1S/C12H21N3O2S/c1-15(2)8-12-14-10(9-18-12)7-11(16)13-5-4-6-17-3/h9H,4-8H2,1-3H3,(H,13,16). The van der Waals surface area contributed by atoms with Crippen LogP contribution in [0.4, 0.5) is 0 Å². The van der Waals surface area contributed by atoms with E-state index >= 15 is 0 Å². The van der Waals surface area contributed by atoms with Gasteiger partial charge in [0.1, 0.15) is 5.01 Å². The van der Waals surface area contributed by atoms with Crippen molar-refractivity contribution in [3.8, 4) is 0 Å². The van der Waals surface area contributed by atoms with Gasteiger partial charge in [-0.3, -0.25) is 4.79 Å². The van der Waals surface area contributed by atoms with Crippen LogP contribution in [0.5, 0.6) is 0 Å². The third-order valence-electron chi connectivity index (χ3n) is 2.24. The lowest BCUT2D eigenvalue weighted by atomic mass is 10.3. The minimum absolute atomic E-state index is 0.0211. The molecule has 0 bridgehead atoms. The number of hydrogen-bond acceptors (Lipinski definition) is 5. The van der Waals surface area contributed by atoms with Crippen LogP contribution in [-0.2, 0) is 22.5 Å². The Labute approximate surface area is 112 Å². The number of nitrogens with zero attached hydrogens (tertiary/aromatic N) is 2.